The molecule has 0 unspecified atom stereocenters. The summed E-state index contributed by atoms with van der Waals surface area (Å²) in [6, 6.07) is 0. The Morgan fingerprint density at radius 3 is 2.14 bits per heavy atom. The summed E-state index contributed by atoms with van der Waals surface area (Å²) >= 11 is 3.41. The maximum Gasteiger partial charge on any atom is 0.0473 e. The number of rotatable bonds is 1. The molecule has 0 spiro atoms. The van der Waals surface area contributed by atoms with Gasteiger partial charge in [-0.25, -0.2) is 0 Å². The second-order valence-electron chi connectivity index (χ2n) is 2.15. The minimum absolute atomic E-state index is 0.344. The molecule has 0 aromatic heterocycles. The summed E-state index contributed by atoms with van der Waals surface area (Å²) in [7, 11) is 0. The van der Waals surface area contributed by atoms with Gasteiger partial charge in [-0.15, -0.1) is 0 Å². The number of aliphatic hydroxyl groups is 1. The van der Waals surface area contributed by atoms with Crippen LogP contribution in [0.2, 0.25) is 0 Å². The minimum atomic E-state index is 0.344. The van der Waals surface area contributed by atoms with Gasteiger partial charge in [0.1, 0.15) is 0 Å². The molecule has 0 aromatic carbocycles. The fourth-order valence-corrected chi connectivity index (χ4v) is 1.62. The lowest BCUT2D eigenvalue weighted by Gasteiger charge is -1.79. The Bertz CT molecular complexity index is 66.5. The molecular weight excluding hydrogens is 156 g/mol. The SMILES string of the molecule is C[C@H]1[C@H](Br)[C@@H]1CO. The van der Waals surface area contributed by atoms with Crippen LogP contribution >= 0.6 is 15.9 Å². The zero-order valence-corrected chi connectivity index (χ0v) is 5.85. The largest absolute Gasteiger partial charge is 0.396 e. The van der Waals surface area contributed by atoms with E-state index in [4.69, 9.17) is 5.11 Å². The van der Waals surface area contributed by atoms with Gasteiger partial charge >= 0.3 is 0 Å². The van der Waals surface area contributed by atoms with E-state index in [9.17, 15) is 0 Å². The fraction of sp³-hybridized carbons (Fsp3) is 1.00. The van der Waals surface area contributed by atoms with Crippen molar-refractivity contribution in [1.82, 2.24) is 0 Å². The summed E-state index contributed by atoms with van der Waals surface area (Å²) in [5.74, 6) is 1.24. The summed E-state index contributed by atoms with van der Waals surface area (Å²) in [4.78, 5) is 0.595. The van der Waals surface area contributed by atoms with E-state index in [0.717, 1.165) is 0 Å². The first-order valence-corrected chi connectivity index (χ1v) is 3.44. The van der Waals surface area contributed by atoms with Crippen molar-refractivity contribution in [3.63, 3.8) is 0 Å². The molecule has 7 heavy (non-hydrogen) atoms. The summed E-state index contributed by atoms with van der Waals surface area (Å²) < 4.78 is 0. The van der Waals surface area contributed by atoms with Crippen LogP contribution in [0.25, 0.3) is 0 Å². The van der Waals surface area contributed by atoms with Gasteiger partial charge in [0.15, 0.2) is 0 Å². The molecule has 2 heteroatoms. The minimum Gasteiger partial charge on any atom is -0.396 e. The normalized spacial score (nSPS) is 49.3. The van der Waals surface area contributed by atoms with E-state index in [1.807, 2.05) is 0 Å². The van der Waals surface area contributed by atoms with E-state index < -0.39 is 0 Å². The Labute approximate surface area is 51.9 Å². The third-order valence-corrected chi connectivity index (χ3v) is 3.17. The number of aliphatic hydroxyl groups excluding tert-OH is 1. The summed E-state index contributed by atoms with van der Waals surface area (Å²) in [5.41, 5.74) is 0. The van der Waals surface area contributed by atoms with Crippen LogP contribution in [-0.2, 0) is 0 Å². The lowest BCUT2D eigenvalue weighted by molar-refractivity contribution is 0.271. The predicted molar refractivity (Wildman–Crippen MR) is 32.5 cm³/mol. The zero-order chi connectivity index (χ0) is 5.44. The van der Waals surface area contributed by atoms with E-state index in [0.29, 0.717) is 23.3 Å². The van der Waals surface area contributed by atoms with Gasteiger partial charge in [0.2, 0.25) is 0 Å². The maximum atomic E-state index is 8.52. The van der Waals surface area contributed by atoms with Gasteiger partial charge in [-0.3, -0.25) is 0 Å². The summed E-state index contributed by atoms with van der Waals surface area (Å²) in [6.45, 7) is 2.48. The molecule has 1 nitrogen and oxygen atoms in total. The molecule has 0 aliphatic heterocycles. The number of hydrogen-bond donors (Lipinski definition) is 1. The van der Waals surface area contributed by atoms with Gasteiger partial charge in [0.25, 0.3) is 0 Å². The lowest BCUT2D eigenvalue weighted by atomic mass is 10.4. The van der Waals surface area contributed by atoms with Crippen LogP contribution in [0.1, 0.15) is 6.92 Å². The molecule has 1 fully saturated rings. The molecule has 1 N–H and O–H groups in total. The first-order chi connectivity index (χ1) is 3.27. The molecule has 1 aliphatic rings. The Hall–Kier alpha value is 0.440. The molecule has 42 valence electrons. The number of hydrogen-bond acceptors (Lipinski definition) is 1. The van der Waals surface area contributed by atoms with Crippen molar-refractivity contribution in [3.05, 3.63) is 0 Å². The van der Waals surface area contributed by atoms with Crippen LogP contribution < -0.4 is 0 Å². The number of halogens is 1. The predicted octanol–water partition coefficient (Wildman–Crippen LogP) is 1.01. The molecule has 0 bridgehead atoms. The van der Waals surface area contributed by atoms with E-state index in [1.54, 1.807) is 0 Å². The van der Waals surface area contributed by atoms with Crippen LogP contribution in [0, 0.1) is 11.8 Å². The zero-order valence-electron chi connectivity index (χ0n) is 4.26. The highest BCUT2D eigenvalue weighted by molar-refractivity contribution is 9.09. The third kappa shape index (κ3) is 0.820. The second kappa shape index (κ2) is 1.75. The summed E-state index contributed by atoms with van der Waals surface area (Å²) in [5, 5.41) is 8.52. The Balaban J connectivity index is 2.24. The van der Waals surface area contributed by atoms with Crippen molar-refractivity contribution < 1.29 is 5.11 Å². The monoisotopic (exact) mass is 164 g/mol. The molecule has 0 aromatic rings. The maximum absolute atomic E-state index is 8.52. The van der Waals surface area contributed by atoms with Gasteiger partial charge in [0, 0.05) is 11.4 Å². The van der Waals surface area contributed by atoms with Crippen molar-refractivity contribution in [1.29, 1.82) is 0 Å². The van der Waals surface area contributed by atoms with Crippen molar-refractivity contribution in [2.24, 2.45) is 11.8 Å². The Morgan fingerprint density at radius 2 is 2.14 bits per heavy atom. The van der Waals surface area contributed by atoms with Gasteiger partial charge in [0.05, 0.1) is 0 Å². The van der Waals surface area contributed by atoms with Crippen molar-refractivity contribution in [2.45, 2.75) is 11.8 Å². The molecular formula is C5H9BrO. The second-order valence-corrected chi connectivity index (χ2v) is 3.21. The highest BCUT2D eigenvalue weighted by atomic mass is 79.9. The average Bonchev–Trinajstić information content (AvgIpc) is 2.17. The van der Waals surface area contributed by atoms with Gasteiger partial charge < -0.3 is 5.11 Å². The van der Waals surface area contributed by atoms with Gasteiger partial charge in [-0.1, -0.05) is 22.9 Å². The first kappa shape index (κ1) is 5.57. The van der Waals surface area contributed by atoms with Gasteiger partial charge in [-0.05, 0) is 11.8 Å². The lowest BCUT2D eigenvalue weighted by Crippen LogP contribution is -1.85. The van der Waals surface area contributed by atoms with Crippen LogP contribution in [0.15, 0.2) is 0 Å². The Kier molecular flexibility index (Phi) is 1.39. The van der Waals surface area contributed by atoms with E-state index in [1.165, 1.54) is 0 Å². The smallest absolute Gasteiger partial charge is 0.0473 e. The fourth-order valence-electron chi connectivity index (χ4n) is 0.759. The molecule has 1 aliphatic carbocycles. The Morgan fingerprint density at radius 1 is 1.71 bits per heavy atom. The first-order valence-electron chi connectivity index (χ1n) is 2.52. The molecule has 0 saturated heterocycles. The van der Waals surface area contributed by atoms with E-state index in [2.05, 4.69) is 22.9 Å². The molecule has 0 heterocycles. The molecule has 0 radical (unpaired) electrons. The highest BCUT2D eigenvalue weighted by Crippen LogP contribution is 2.44. The van der Waals surface area contributed by atoms with Crippen LogP contribution in [-0.4, -0.2) is 16.5 Å². The van der Waals surface area contributed by atoms with E-state index >= 15 is 0 Å². The van der Waals surface area contributed by atoms with Gasteiger partial charge in [-0.2, -0.15) is 0 Å². The quantitative estimate of drug-likeness (QED) is 0.575. The topological polar surface area (TPSA) is 20.2 Å². The molecule has 3 atom stereocenters. The third-order valence-electron chi connectivity index (χ3n) is 1.66. The number of alkyl halides is 1. The van der Waals surface area contributed by atoms with Crippen LogP contribution in [0.3, 0.4) is 0 Å². The van der Waals surface area contributed by atoms with E-state index in [-0.39, 0.29) is 0 Å². The standard InChI is InChI=1S/C5H9BrO/c1-3-4(2-7)5(3)6/h3-5,7H,2H2,1H3/t3-,4-,5+/m1/s1. The van der Waals surface area contributed by atoms with Crippen molar-refractivity contribution in [3.8, 4) is 0 Å². The van der Waals surface area contributed by atoms with Crippen LogP contribution in [0.5, 0.6) is 0 Å². The molecule has 1 rings (SSSR count). The van der Waals surface area contributed by atoms with Crippen molar-refractivity contribution in [2.75, 3.05) is 6.61 Å². The van der Waals surface area contributed by atoms with Crippen LogP contribution in [0.4, 0.5) is 0 Å². The average molecular weight is 165 g/mol. The van der Waals surface area contributed by atoms with Crippen molar-refractivity contribution >= 4 is 15.9 Å². The summed E-state index contributed by atoms with van der Waals surface area (Å²) in [6.07, 6.45) is 0. The highest BCUT2D eigenvalue weighted by Gasteiger charge is 2.43. The molecule has 0 amide bonds. The molecule has 1 saturated carbocycles.